The van der Waals surface area contributed by atoms with E-state index in [2.05, 4.69) is 106 Å². The molecule has 0 aromatic carbocycles. The van der Waals surface area contributed by atoms with E-state index in [1.54, 1.807) is 6.08 Å². The van der Waals surface area contributed by atoms with Gasteiger partial charge in [-0.05, 0) is 96.3 Å². The molecule has 0 N–H and O–H groups in total. The van der Waals surface area contributed by atoms with E-state index in [0.29, 0.717) is 12.8 Å². The van der Waals surface area contributed by atoms with Gasteiger partial charge in [-0.2, -0.15) is 0 Å². The molecule has 6 nitrogen and oxygen atoms in total. The van der Waals surface area contributed by atoms with Crippen LogP contribution >= 0.6 is 0 Å². The lowest BCUT2D eigenvalue weighted by Gasteiger charge is -2.18. The zero-order valence-electron chi connectivity index (χ0n) is 45.0. The maximum atomic E-state index is 12.8. The summed E-state index contributed by atoms with van der Waals surface area (Å²) in [4.78, 5) is 38.0. The minimum absolute atomic E-state index is 0.0923. The molecule has 0 rings (SSSR count). The standard InChI is InChI=1S/C63H106O6/c1-4-7-10-13-16-19-22-25-27-28-29-30-31-32-33-34-36-38-41-44-47-50-53-56-62(65)68-59-60(58-67-61(64)55-52-49-46-43-40-37-24-21-18-15-12-9-6-3)69-63(66)57-54-51-48-45-42-39-35-26-23-20-17-14-11-8-5-2/h8,11-12,15,17,20-21,24,26,28-29,35,42,45,51,54,60H,4-7,9-10,13-14,16,18-19,22-23,25,27,30-34,36-41,43-44,46-50,52-53,55-59H2,1-3H3/b11-8-,15-12-,20-17-,24-21-,29-28-,35-26-,45-42-,54-51-. The molecule has 394 valence electrons. The molecule has 0 spiro atoms. The van der Waals surface area contributed by atoms with Crippen LogP contribution in [0.15, 0.2) is 97.2 Å². The topological polar surface area (TPSA) is 78.9 Å². The highest BCUT2D eigenvalue weighted by Gasteiger charge is 2.19. The second-order valence-corrected chi connectivity index (χ2v) is 18.8. The summed E-state index contributed by atoms with van der Waals surface area (Å²) in [6, 6.07) is 0. The van der Waals surface area contributed by atoms with E-state index in [0.717, 1.165) is 103 Å². The van der Waals surface area contributed by atoms with Crippen LogP contribution in [-0.2, 0) is 28.6 Å². The predicted octanol–water partition coefficient (Wildman–Crippen LogP) is 19.3. The van der Waals surface area contributed by atoms with Crippen LogP contribution in [0, 0.1) is 0 Å². The van der Waals surface area contributed by atoms with Crippen LogP contribution in [0.5, 0.6) is 0 Å². The highest BCUT2D eigenvalue weighted by molar-refractivity contribution is 5.72. The molecule has 0 heterocycles. The van der Waals surface area contributed by atoms with Crippen molar-refractivity contribution in [1.82, 2.24) is 0 Å². The highest BCUT2D eigenvalue weighted by Crippen LogP contribution is 2.15. The van der Waals surface area contributed by atoms with Gasteiger partial charge < -0.3 is 14.2 Å². The van der Waals surface area contributed by atoms with Crippen molar-refractivity contribution in [3.63, 3.8) is 0 Å². The summed E-state index contributed by atoms with van der Waals surface area (Å²) < 4.78 is 16.7. The molecule has 0 aliphatic carbocycles. The molecule has 0 fully saturated rings. The summed E-state index contributed by atoms with van der Waals surface area (Å²) >= 11 is 0. The van der Waals surface area contributed by atoms with Crippen LogP contribution in [0.4, 0.5) is 0 Å². The smallest absolute Gasteiger partial charge is 0.310 e. The Kier molecular flexibility index (Phi) is 53.9. The van der Waals surface area contributed by atoms with Gasteiger partial charge in [0.15, 0.2) is 6.10 Å². The molecule has 0 aromatic rings. The quantitative estimate of drug-likeness (QED) is 0.0262. The summed E-state index contributed by atoms with van der Waals surface area (Å²) in [6.07, 6.45) is 75.8. The van der Waals surface area contributed by atoms with E-state index >= 15 is 0 Å². The summed E-state index contributed by atoms with van der Waals surface area (Å²) in [6.45, 7) is 6.37. The van der Waals surface area contributed by atoms with Crippen molar-refractivity contribution in [2.45, 2.75) is 271 Å². The molecule has 1 atom stereocenters. The van der Waals surface area contributed by atoms with Gasteiger partial charge in [-0.25, -0.2) is 0 Å². The molecule has 0 amide bonds. The molecule has 0 bridgehead atoms. The summed E-state index contributed by atoms with van der Waals surface area (Å²) in [5.74, 6) is -1.07. The van der Waals surface area contributed by atoms with Gasteiger partial charge in [0.2, 0.25) is 0 Å². The van der Waals surface area contributed by atoms with Gasteiger partial charge in [0.25, 0.3) is 0 Å². The van der Waals surface area contributed by atoms with Crippen molar-refractivity contribution in [3.05, 3.63) is 97.2 Å². The summed E-state index contributed by atoms with van der Waals surface area (Å²) in [7, 11) is 0. The third-order valence-electron chi connectivity index (χ3n) is 12.1. The first-order valence-corrected chi connectivity index (χ1v) is 28.7. The highest BCUT2D eigenvalue weighted by atomic mass is 16.6. The molecule has 6 heteroatoms. The van der Waals surface area contributed by atoms with Gasteiger partial charge in [0, 0.05) is 12.8 Å². The van der Waals surface area contributed by atoms with Crippen molar-refractivity contribution < 1.29 is 28.6 Å². The van der Waals surface area contributed by atoms with Crippen LogP contribution in [0.3, 0.4) is 0 Å². The zero-order valence-corrected chi connectivity index (χ0v) is 45.0. The van der Waals surface area contributed by atoms with Gasteiger partial charge in [0.1, 0.15) is 13.2 Å². The predicted molar refractivity (Wildman–Crippen MR) is 297 cm³/mol. The number of carbonyl (C=O) groups is 3. The Morgan fingerprint density at radius 3 is 1.03 bits per heavy atom. The maximum absolute atomic E-state index is 12.8. The van der Waals surface area contributed by atoms with Crippen LogP contribution < -0.4 is 0 Å². The summed E-state index contributed by atoms with van der Waals surface area (Å²) in [5, 5.41) is 0. The van der Waals surface area contributed by atoms with Crippen molar-refractivity contribution in [1.29, 1.82) is 0 Å². The SMILES string of the molecule is CC/C=C\C/C=C\C/C=C\C/C=C\C/C=C\CC(=O)OC(COC(=O)CCCCCCC/C=C\C/C=C\CCC)COC(=O)CCCCCCCCCCCCC/C=C\CCCCCCCCCC. The van der Waals surface area contributed by atoms with Crippen molar-refractivity contribution in [2.24, 2.45) is 0 Å². The number of allylic oxidation sites excluding steroid dienone is 15. The first-order chi connectivity index (χ1) is 34.0. The van der Waals surface area contributed by atoms with Crippen LogP contribution in [0.2, 0.25) is 0 Å². The van der Waals surface area contributed by atoms with E-state index in [1.807, 2.05) is 6.08 Å². The molecule has 0 saturated heterocycles. The normalized spacial score (nSPS) is 12.8. The number of ether oxygens (including phenoxy) is 3. The molecule has 0 aliphatic heterocycles. The lowest BCUT2D eigenvalue weighted by molar-refractivity contribution is -0.166. The third kappa shape index (κ3) is 55.1. The Hall–Kier alpha value is -3.67. The number of hydrogen-bond donors (Lipinski definition) is 0. The first kappa shape index (κ1) is 65.3. The second-order valence-electron chi connectivity index (χ2n) is 18.8. The molecule has 0 radical (unpaired) electrons. The average molecular weight is 960 g/mol. The fraction of sp³-hybridized carbons (Fsp3) is 0.698. The number of rotatable bonds is 51. The van der Waals surface area contributed by atoms with Crippen LogP contribution in [0.1, 0.15) is 265 Å². The molecule has 0 aliphatic rings. The van der Waals surface area contributed by atoms with Crippen LogP contribution in [0.25, 0.3) is 0 Å². The average Bonchev–Trinajstić information content (AvgIpc) is 3.35. The number of unbranched alkanes of at least 4 members (excludes halogenated alkanes) is 25. The zero-order chi connectivity index (χ0) is 50.0. The number of esters is 3. The van der Waals surface area contributed by atoms with E-state index in [-0.39, 0.29) is 31.6 Å². The number of carbonyl (C=O) groups excluding carboxylic acids is 3. The fourth-order valence-corrected chi connectivity index (χ4v) is 7.79. The molecule has 0 aromatic heterocycles. The Labute approximate surface area is 426 Å². The lowest BCUT2D eigenvalue weighted by atomic mass is 10.0. The molecule has 0 saturated carbocycles. The molecule has 69 heavy (non-hydrogen) atoms. The fourth-order valence-electron chi connectivity index (χ4n) is 7.79. The Morgan fingerprint density at radius 1 is 0.319 bits per heavy atom. The minimum Gasteiger partial charge on any atom is -0.462 e. The van der Waals surface area contributed by atoms with Crippen molar-refractivity contribution >= 4 is 17.9 Å². The molecular formula is C63H106O6. The van der Waals surface area contributed by atoms with Gasteiger partial charge in [0.05, 0.1) is 6.42 Å². The third-order valence-corrected chi connectivity index (χ3v) is 12.1. The van der Waals surface area contributed by atoms with E-state index in [4.69, 9.17) is 14.2 Å². The van der Waals surface area contributed by atoms with E-state index in [1.165, 1.54) is 122 Å². The van der Waals surface area contributed by atoms with E-state index < -0.39 is 12.1 Å². The Morgan fingerprint density at radius 2 is 0.638 bits per heavy atom. The maximum Gasteiger partial charge on any atom is 0.310 e. The van der Waals surface area contributed by atoms with Gasteiger partial charge in [-0.3, -0.25) is 14.4 Å². The Balaban J connectivity index is 4.40. The van der Waals surface area contributed by atoms with Gasteiger partial charge >= 0.3 is 17.9 Å². The van der Waals surface area contributed by atoms with E-state index in [9.17, 15) is 14.4 Å². The van der Waals surface area contributed by atoms with Gasteiger partial charge in [-0.15, -0.1) is 0 Å². The van der Waals surface area contributed by atoms with Crippen LogP contribution in [-0.4, -0.2) is 37.2 Å². The van der Waals surface area contributed by atoms with Crippen molar-refractivity contribution in [2.75, 3.05) is 13.2 Å². The molecular weight excluding hydrogens is 853 g/mol. The second kappa shape index (κ2) is 56.9. The Bertz CT molecular complexity index is 1380. The van der Waals surface area contributed by atoms with Gasteiger partial charge in [-0.1, -0.05) is 246 Å². The number of hydrogen-bond acceptors (Lipinski definition) is 6. The summed E-state index contributed by atoms with van der Waals surface area (Å²) in [5.41, 5.74) is 0. The van der Waals surface area contributed by atoms with Crippen molar-refractivity contribution in [3.8, 4) is 0 Å². The molecule has 1 unspecified atom stereocenters. The minimum atomic E-state index is -0.838. The monoisotopic (exact) mass is 959 g/mol. The lowest BCUT2D eigenvalue weighted by Crippen LogP contribution is -2.30. The largest absolute Gasteiger partial charge is 0.462 e. The first-order valence-electron chi connectivity index (χ1n) is 28.7.